The SMILES string of the molecule is CC(C)[C@@H](NC(=O)c1cccc(NC(N)=O)c1)c1ccc(Cl)cc1. The van der Waals surface area contributed by atoms with Crippen molar-refractivity contribution in [1.82, 2.24) is 5.32 Å². The smallest absolute Gasteiger partial charge is 0.316 e. The largest absolute Gasteiger partial charge is 0.351 e. The minimum Gasteiger partial charge on any atom is -0.351 e. The molecule has 0 fully saturated rings. The van der Waals surface area contributed by atoms with Crippen molar-refractivity contribution < 1.29 is 9.59 Å². The fourth-order valence-electron chi connectivity index (χ4n) is 2.41. The first-order valence-corrected chi connectivity index (χ1v) is 7.97. The van der Waals surface area contributed by atoms with Gasteiger partial charge in [0.15, 0.2) is 0 Å². The lowest BCUT2D eigenvalue weighted by Gasteiger charge is -2.23. The van der Waals surface area contributed by atoms with E-state index in [1.165, 1.54) is 0 Å². The van der Waals surface area contributed by atoms with Crippen LogP contribution < -0.4 is 16.4 Å². The molecule has 0 radical (unpaired) electrons. The lowest BCUT2D eigenvalue weighted by atomic mass is 9.95. The van der Waals surface area contributed by atoms with E-state index in [-0.39, 0.29) is 17.9 Å². The Bertz CT molecular complexity index is 729. The maximum Gasteiger partial charge on any atom is 0.316 e. The predicted octanol–water partition coefficient (Wildman–Crippen LogP) is 3.96. The van der Waals surface area contributed by atoms with Crippen LogP contribution in [0.5, 0.6) is 0 Å². The van der Waals surface area contributed by atoms with Crippen molar-refractivity contribution in [3.05, 3.63) is 64.7 Å². The average Bonchev–Trinajstić information content (AvgIpc) is 2.53. The van der Waals surface area contributed by atoms with Gasteiger partial charge in [-0.3, -0.25) is 4.79 Å². The van der Waals surface area contributed by atoms with Gasteiger partial charge in [-0.15, -0.1) is 0 Å². The van der Waals surface area contributed by atoms with E-state index < -0.39 is 6.03 Å². The summed E-state index contributed by atoms with van der Waals surface area (Å²) in [6, 6.07) is 13.2. The standard InChI is InChI=1S/C18H20ClN3O2/c1-11(2)16(12-6-8-14(19)9-7-12)22-17(23)13-4-3-5-15(10-13)21-18(20)24/h3-11,16H,1-2H3,(H,22,23)(H3,20,21,24)/t16-/m1/s1. The van der Waals surface area contributed by atoms with E-state index in [1.54, 1.807) is 36.4 Å². The Kier molecular flexibility index (Phi) is 5.82. The van der Waals surface area contributed by atoms with Crippen molar-refractivity contribution in [1.29, 1.82) is 0 Å². The summed E-state index contributed by atoms with van der Waals surface area (Å²) in [6.45, 7) is 4.06. The van der Waals surface area contributed by atoms with Crippen LogP contribution in [0.4, 0.5) is 10.5 Å². The molecule has 3 amide bonds. The molecule has 0 aliphatic heterocycles. The van der Waals surface area contributed by atoms with Crippen LogP contribution in [0.3, 0.4) is 0 Å². The van der Waals surface area contributed by atoms with Crippen LogP contribution in [0.25, 0.3) is 0 Å². The summed E-state index contributed by atoms with van der Waals surface area (Å²) in [4.78, 5) is 23.5. The number of nitrogens with two attached hydrogens (primary N) is 1. The number of benzene rings is 2. The predicted molar refractivity (Wildman–Crippen MR) is 96.1 cm³/mol. The van der Waals surface area contributed by atoms with Crippen molar-refractivity contribution >= 4 is 29.2 Å². The van der Waals surface area contributed by atoms with Crippen LogP contribution in [-0.2, 0) is 0 Å². The van der Waals surface area contributed by atoms with E-state index >= 15 is 0 Å². The highest BCUT2D eigenvalue weighted by atomic mass is 35.5. The number of primary amides is 1. The molecule has 2 rings (SSSR count). The number of nitrogens with one attached hydrogen (secondary N) is 2. The zero-order chi connectivity index (χ0) is 17.7. The highest BCUT2D eigenvalue weighted by Crippen LogP contribution is 2.24. The van der Waals surface area contributed by atoms with E-state index in [4.69, 9.17) is 17.3 Å². The van der Waals surface area contributed by atoms with Gasteiger partial charge in [-0.2, -0.15) is 0 Å². The third kappa shape index (κ3) is 4.73. The summed E-state index contributed by atoms with van der Waals surface area (Å²) in [5.41, 5.74) is 7.00. The van der Waals surface area contributed by atoms with E-state index in [9.17, 15) is 9.59 Å². The molecule has 2 aromatic rings. The van der Waals surface area contributed by atoms with Gasteiger partial charge in [0, 0.05) is 16.3 Å². The molecule has 0 aliphatic carbocycles. The monoisotopic (exact) mass is 345 g/mol. The Morgan fingerprint density at radius 3 is 2.33 bits per heavy atom. The number of halogens is 1. The molecule has 24 heavy (non-hydrogen) atoms. The van der Waals surface area contributed by atoms with Crippen LogP contribution in [-0.4, -0.2) is 11.9 Å². The quantitative estimate of drug-likeness (QED) is 0.766. The normalized spacial score (nSPS) is 11.8. The average molecular weight is 346 g/mol. The van der Waals surface area contributed by atoms with Crippen molar-refractivity contribution in [2.75, 3.05) is 5.32 Å². The van der Waals surface area contributed by atoms with Gasteiger partial charge in [0.25, 0.3) is 5.91 Å². The molecule has 1 atom stereocenters. The van der Waals surface area contributed by atoms with Crippen LogP contribution in [0, 0.1) is 5.92 Å². The van der Waals surface area contributed by atoms with Crippen LogP contribution >= 0.6 is 11.6 Å². The van der Waals surface area contributed by atoms with Crippen molar-refractivity contribution in [2.24, 2.45) is 11.7 Å². The number of carbonyl (C=O) groups is 2. The van der Waals surface area contributed by atoms with E-state index in [2.05, 4.69) is 10.6 Å². The number of amides is 3. The lowest BCUT2D eigenvalue weighted by molar-refractivity contribution is 0.0925. The second kappa shape index (κ2) is 7.84. The molecule has 0 bridgehead atoms. The van der Waals surface area contributed by atoms with Crippen molar-refractivity contribution in [3.8, 4) is 0 Å². The first-order valence-electron chi connectivity index (χ1n) is 7.59. The summed E-state index contributed by atoms with van der Waals surface area (Å²) in [5.74, 6) is -0.0289. The molecule has 0 heterocycles. The highest BCUT2D eigenvalue weighted by Gasteiger charge is 2.19. The molecule has 5 nitrogen and oxygen atoms in total. The fourth-order valence-corrected chi connectivity index (χ4v) is 2.54. The fraction of sp³-hybridized carbons (Fsp3) is 0.222. The van der Waals surface area contributed by atoms with Gasteiger partial charge in [-0.05, 0) is 41.8 Å². The summed E-state index contributed by atoms with van der Waals surface area (Å²) < 4.78 is 0. The maximum atomic E-state index is 12.6. The number of anilines is 1. The first kappa shape index (κ1) is 17.8. The molecule has 0 saturated heterocycles. The Morgan fingerprint density at radius 2 is 1.75 bits per heavy atom. The van der Waals surface area contributed by atoms with E-state index in [1.807, 2.05) is 26.0 Å². The van der Waals surface area contributed by atoms with Crippen LogP contribution in [0.1, 0.15) is 35.8 Å². The zero-order valence-corrected chi connectivity index (χ0v) is 14.3. The number of carbonyl (C=O) groups excluding carboxylic acids is 2. The molecule has 4 N–H and O–H groups in total. The Hall–Kier alpha value is -2.53. The third-order valence-corrected chi connectivity index (χ3v) is 3.83. The maximum absolute atomic E-state index is 12.6. The Labute approximate surface area is 146 Å². The summed E-state index contributed by atoms with van der Waals surface area (Å²) in [6.07, 6.45) is 0. The second-order valence-corrected chi connectivity index (χ2v) is 6.25. The van der Waals surface area contributed by atoms with Gasteiger partial charge in [-0.1, -0.05) is 43.6 Å². The Balaban J connectivity index is 2.19. The number of hydrogen-bond acceptors (Lipinski definition) is 2. The third-order valence-electron chi connectivity index (χ3n) is 3.57. The summed E-state index contributed by atoms with van der Waals surface area (Å²) in [5, 5.41) is 6.13. The zero-order valence-electron chi connectivity index (χ0n) is 13.5. The number of hydrogen-bond donors (Lipinski definition) is 3. The van der Waals surface area contributed by atoms with Gasteiger partial charge >= 0.3 is 6.03 Å². The first-order chi connectivity index (χ1) is 11.4. The molecule has 126 valence electrons. The molecule has 0 aliphatic rings. The number of urea groups is 1. The highest BCUT2D eigenvalue weighted by molar-refractivity contribution is 6.30. The van der Waals surface area contributed by atoms with Gasteiger partial charge in [0.2, 0.25) is 0 Å². The van der Waals surface area contributed by atoms with Gasteiger partial charge in [0.1, 0.15) is 0 Å². The molecule has 0 unspecified atom stereocenters. The van der Waals surface area contributed by atoms with Gasteiger partial charge in [0.05, 0.1) is 6.04 Å². The molecular formula is C18H20ClN3O2. The molecule has 0 spiro atoms. The van der Waals surface area contributed by atoms with Gasteiger partial charge in [-0.25, -0.2) is 4.79 Å². The summed E-state index contributed by atoms with van der Waals surface area (Å²) in [7, 11) is 0. The molecule has 6 heteroatoms. The van der Waals surface area contributed by atoms with Crippen molar-refractivity contribution in [3.63, 3.8) is 0 Å². The summed E-state index contributed by atoms with van der Waals surface area (Å²) >= 11 is 5.92. The van der Waals surface area contributed by atoms with Crippen LogP contribution in [0.2, 0.25) is 5.02 Å². The van der Waals surface area contributed by atoms with Crippen molar-refractivity contribution in [2.45, 2.75) is 19.9 Å². The van der Waals surface area contributed by atoms with E-state index in [0.29, 0.717) is 16.3 Å². The topological polar surface area (TPSA) is 84.2 Å². The minimum atomic E-state index is -0.672. The molecule has 0 aromatic heterocycles. The molecule has 2 aromatic carbocycles. The Morgan fingerprint density at radius 1 is 1.08 bits per heavy atom. The lowest BCUT2D eigenvalue weighted by Crippen LogP contribution is -2.31. The molecule has 0 saturated carbocycles. The molecular weight excluding hydrogens is 326 g/mol. The number of rotatable bonds is 5. The second-order valence-electron chi connectivity index (χ2n) is 5.82. The van der Waals surface area contributed by atoms with Gasteiger partial charge < -0.3 is 16.4 Å². The van der Waals surface area contributed by atoms with Crippen LogP contribution in [0.15, 0.2) is 48.5 Å². The van der Waals surface area contributed by atoms with E-state index in [0.717, 1.165) is 5.56 Å². The minimum absolute atomic E-state index is 0.150.